The third-order valence-electron chi connectivity index (χ3n) is 3.26. The fourth-order valence-electron chi connectivity index (χ4n) is 2.01. The Morgan fingerprint density at radius 3 is 2.38 bits per heavy atom. The van der Waals surface area contributed by atoms with Crippen LogP contribution in [0.5, 0.6) is 0 Å². The fourth-order valence-corrected chi connectivity index (χ4v) is 2.01. The number of ether oxygens (including phenoxy) is 2. The summed E-state index contributed by atoms with van der Waals surface area (Å²) >= 11 is 0. The summed E-state index contributed by atoms with van der Waals surface area (Å²) in [6.45, 7) is 3.86. The summed E-state index contributed by atoms with van der Waals surface area (Å²) in [7, 11) is 0. The zero-order valence-corrected chi connectivity index (χ0v) is 12.6. The van der Waals surface area contributed by atoms with Crippen LogP contribution >= 0.6 is 0 Å². The van der Waals surface area contributed by atoms with E-state index in [-0.39, 0.29) is 6.61 Å². The number of aliphatic hydroxyl groups is 4. The van der Waals surface area contributed by atoms with E-state index in [1.54, 1.807) is 6.08 Å². The minimum absolute atomic E-state index is 0.220. The molecule has 0 aliphatic carbocycles. The maximum atomic E-state index is 9.75. The van der Waals surface area contributed by atoms with Crippen LogP contribution in [0.4, 0.5) is 0 Å². The normalized spacial score (nSPS) is 33.3. The van der Waals surface area contributed by atoms with E-state index in [2.05, 4.69) is 6.08 Å². The number of aliphatic hydroxyl groups excluding tert-OH is 4. The highest BCUT2D eigenvalue weighted by Gasteiger charge is 2.43. The first-order valence-corrected chi connectivity index (χ1v) is 7.17. The lowest BCUT2D eigenvalue weighted by atomic mass is 9.99. The van der Waals surface area contributed by atoms with Gasteiger partial charge in [0.1, 0.15) is 24.4 Å². The number of rotatable bonds is 7. The smallest absolute Gasteiger partial charge is 0.187 e. The summed E-state index contributed by atoms with van der Waals surface area (Å²) in [4.78, 5) is 0. The Morgan fingerprint density at radius 2 is 1.76 bits per heavy atom. The molecule has 0 saturated carbocycles. The van der Waals surface area contributed by atoms with Crippen LogP contribution in [0.15, 0.2) is 23.8 Å². The molecular weight excluding hydrogens is 276 g/mol. The Morgan fingerprint density at radius 1 is 1.05 bits per heavy atom. The van der Waals surface area contributed by atoms with Crippen LogP contribution in [-0.2, 0) is 9.47 Å². The van der Waals surface area contributed by atoms with Gasteiger partial charge in [-0.05, 0) is 26.7 Å². The highest BCUT2D eigenvalue weighted by Crippen LogP contribution is 2.21. The topological polar surface area (TPSA) is 99.4 Å². The molecule has 1 aliphatic heterocycles. The molecule has 1 saturated heterocycles. The van der Waals surface area contributed by atoms with Crippen LogP contribution in [0, 0.1) is 0 Å². The molecule has 6 heteroatoms. The van der Waals surface area contributed by atoms with Gasteiger partial charge in [0, 0.05) is 0 Å². The molecule has 0 spiro atoms. The molecule has 0 aromatic heterocycles. The monoisotopic (exact) mass is 302 g/mol. The van der Waals surface area contributed by atoms with Crippen molar-refractivity contribution in [3.8, 4) is 0 Å². The van der Waals surface area contributed by atoms with Gasteiger partial charge in [0.15, 0.2) is 6.29 Å². The van der Waals surface area contributed by atoms with E-state index in [4.69, 9.17) is 14.6 Å². The number of hydrogen-bond donors (Lipinski definition) is 4. The summed E-state index contributed by atoms with van der Waals surface area (Å²) in [5.74, 6) is 0. The van der Waals surface area contributed by atoms with Crippen molar-refractivity contribution in [3.63, 3.8) is 0 Å². The van der Waals surface area contributed by atoms with Crippen molar-refractivity contribution in [3.05, 3.63) is 23.8 Å². The van der Waals surface area contributed by atoms with Crippen LogP contribution in [0.1, 0.15) is 26.7 Å². The summed E-state index contributed by atoms with van der Waals surface area (Å²) < 4.78 is 10.5. The van der Waals surface area contributed by atoms with Crippen molar-refractivity contribution in [2.24, 2.45) is 0 Å². The third-order valence-corrected chi connectivity index (χ3v) is 3.26. The largest absolute Gasteiger partial charge is 0.394 e. The van der Waals surface area contributed by atoms with E-state index in [1.165, 1.54) is 5.57 Å². The predicted molar refractivity (Wildman–Crippen MR) is 77.5 cm³/mol. The van der Waals surface area contributed by atoms with Crippen molar-refractivity contribution in [2.75, 3.05) is 13.2 Å². The molecule has 0 radical (unpaired) electrons. The molecule has 0 amide bonds. The van der Waals surface area contributed by atoms with E-state index in [1.807, 2.05) is 19.9 Å². The summed E-state index contributed by atoms with van der Waals surface area (Å²) in [5.41, 5.74) is 1.28. The molecule has 122 valence electrons. The summed E-state index contributed by atoms with van der Waals surface area (Å²) in [5, 5.41) is 38.0. The molecule has 0 bridgehead atoms. The first-order valence-electron chi connectivity index (χ1n) is 7.17. The molecule has 21 heavy (non-hydrogen) atoms. The maximum Gasteiger partial charge on any atom is 0.187 e. The molecular formula is C15H26O6. The van der Waals surface area contributed by atoms with Gasteiger partial charge in [0.2, 0.25) is 0 Å². The van der Waals surface area contributed by atoms with E-state index in [0.29, 0.717) is 0 Å². The zero-order valence-electron chi connectivity index (χ0n) is 12.6. The van der Waals surface area contributed by atoms with Gasteiger partial charge in [-0.25, -0.2) is 0 Å². The van der Waals surface area contributed by atoms with Gasteiger partial charge in [0.05, 0.1) is 13.2 Å². The van der Waals surface area contributed by atoms with Crippen LogP contribution < -0.4 is 0 Å². The molecule has 0 unspecified atom stereocenters. The van der Waals surface area contributed by atoms with Crippen LogP contribution in [0.3, 0.4) is 0 Å². The lowest BCUT2D eigenvalue weighted by molar-refractivity contribution is -0.298. The van der Waals surface area contributed by atoms with Crippen molar-refractivity contribution >= 4 is 0 Å². The Hall–Kier alpha value is -0.760. The Bertz CT molecular complexity index is 348. The second-order valence-corrected chi connectivity index (χ2v) is 5.36. The number of allylic oxidation sites excluding steroid dienone is 3. The minimum Gasteiger partial charge on any atom is -0.394 e. The van der Waals surface area contributed by atoms with Gasteiger partial charge in [-0.1, -0.05) is 23.8 Å². The van der Waals surface area contributed by atoms with Crippen molar-refractivity contribution < 1.29 is 29.9 Å². The Labute approximate surface area is 125 Å². The van der Waals surface area contributed by atoms with Gasteiger partial charge in [-0.15, -0.1) is 0 Å². The van der Waals surface area contributed by atoms with Gasteiger partial charge < -0.3 is 29.9 Å². The van der Waals surface area contributed by atoms with Gasteiger partial charge in [0.25, 0.3) is 0 Å². The minimum atomic E-state index is -1.40. The molecule has 1 heterocycles. The molecule has 0 aromatic rings. The van der Waals surface area contributed by atoms with Crippen LogP contribution in [-0.4, -0.2) is 64.3 Å². The van der Waals surface area contributed by atoms with Crippen LogP contribution in [0.2, 0.25) is 0 Å². The highest BCUT2D eigenvalue weighted by molar-refractivity contribution is 4.95. The van der Waals surface area contributed by atoms with E-state index < -0.39 is 37.3 Å². The molecule has 1 aliphatic rings. The Balaban J connectivity index is 2.33. The zero-order chi connectivity index (χ0) is 15.8. The third kappa shape index (κ3) is 5.86. The lowest BCUT2D eigenvalue weighted by Gasteiger charge is -2.39. The molecule has 4 N–H and O–H groups in total. The van der Waals surface area contributed by atoms with Crippen molar-refractivity contribution in [1.82, 2.24) is 0 Å². The van der Waals surface area contributed by atoms with E-state index in [9.17, 15) is 15.3 Å². The second kappa shape index (κ2) is 9.30. The Kier molecular flexibility index (Phi) is 8.10. The molecule has 6 nitrogen and oxygen atoms in total. The molecule has 1 rings (SSSR count). The number of hydrogen-bond acceptors (Lipinski definition) is 6. The summed E-state index contributed by atoms with van der Waals surface area (Å²) in [6.07, 6.45) is 1.65. The quantitative estimate of drug-likeness (QED) is 0.393. The summed E-state index contributed by atoms with van der Waals surface area (Å²) in [6, 6.07) is 0. The fraction of sp³-hybridized carbons (Fsp3) is 0.733. The first-order chi connectivity index (χ1) is 9.97. The average Bonchev–Trinajstić information content (AvgIpc) is 2.45. The lowest BCUT2D eigenvalue weighted by Crippen LogP contribution is -2.59. The standard InChI is InChI=1S/C15H26O6/c1-10(2)7-5-3-4-6-8-20-15-14(19)13(18)12(17)11(9-16)21-15/h4,6-7,11-19H,3,5,8-9H2,1-2H3/b6-4+/t11-,12-,13+,14-,15-/m1/s1. The molecule has 5 atom stereocenters. The second-order valence-electron chi connectivity index (χ2n) is 5.36. The van der Waals surface area contributed by atoms with E-state index >= 15 is 0 Å². The van der Waals surface area contributed by atoms with E-state index in [0.717, 1.165) is 12.8 Å². The van der Waals surface area contributed by atoms with Gasteiger partial charge in [-0.3, -0.25) is 0 Å². The van der Waals surface area contributed by atoms with Gasteiger partial charge >= 0.3 is 0 Å². The highest BCUT2D eigenvalue weighted by atomic mass is 16.7. The molecule has 0 aromatic carbocycles. The average molecular weight is 302 g/mol. The SMILES string of the molecule is CC(C)=CCC/C=C/CO[C@@H]1O[C@H](CO)[C@@H](O)[C@H](O)[C@H]1O. The van der Waals surface area contributed by atoms with Crippen molar-refractivity contribution in [1.29, 1.82) is 0 Å². The first kappa shape index (κ1) is 18.3. The maximum absolute atomic E-state index is 9.75. The number of unbranched alkanes of at least 4 members (excludes halogenated alkanes) is 1. The van der Waals surface area contributed by atoms with Crippen LogP contribution in [0.25, 0.3) is 0 Å². The van der Waals surface area contributed by atoms with Gasteiger partial charge in [-0.2, -0.15) is 0 Å². The molecule has 1 fully saturated rings. The van der Waals surface area contributed by atoms with Crippen molar-refractivity contribution in [2.45, 2.75) is 57.4 Å². The predicted octanol–water partition coefficient (Wildman–Crippen LogP) is 0.105.